The van der Waals surface area contributed by atoms with Crippen molar-refractivity contribution in [1.82, 2.24) is 0 Å². The molecular weight excluding hydrogens is 453 g/mol. The summed E-state index contributed by atoms with van der Waals surface area (Å²) < 4.78 is 38.1. The zero-order valence-electron chi connectivity index (χ0n) is 20.7. The molecule has 0 radical (unpaired) electrons. The van der Waals surface area contributed by atoms with E-state index in [4.69, 9.17) is 0 Å². The van der Waals surface area contributed by atoms with E-state index in [0.717, 1.165) is 47.9 Å². The minimum atomic E-state index is -4.33. The SMILES string of the molecule is C=CCCC1CCC(CCc2ccc(-c3ccc(C#Cc4ccc(C(F)(F)F)cc4)cc3)cc2)CC1. The Morgan fingerprint density at radius 2 is 1.17 bits per heavy atom. The van der Waals surface area contributed by atoms with E-state index in [2.05, 4.69) is 42.7 Å². The van der Waals surface area contributed by atoms with Crippen molar-refractivity contribution in [3.05, 3.63) is 108 Å². The van der Waals surface area contributed by atoms with Gasteiger partial charge in [-0.2, -0.15) is 13.2 Å². The van der Waals surface area contributed by atoms with Gasteiger partial charge in [-0.1, -0.05) is 80.0 Å². The number of alkyl halides is 3. The number of rotatable bonds is 7. The fourth-order valence-corrected chi connectivity index (χ4v) is 5.03. The van der Waals surface area contributed by atoms with Crippen LogP contribution in [-0.2, 0) is 12.6 Å². The van der Waals surface area contributed by atoms with E-state index in [1.807, 2.05) is 30.3 Å². The number of benzene rings is 3. The third-order valence-corrected chi connectivity index (χ3v) is 7.32. The first kappa shape index (κ1) is 25.8. The maximum absolute atomic E-state index is 12.7. The molecule has 186 valence electrons. The van der Waals surface area contributed by atoms with Gasteiger partial charge < -0.3 is 0 Å². The molecule has 1 fully saturated rings. The Morgan fingerprint density at radius 3 is 1.67 bits per heavy atom. The molecule has 3 heteroatoms. The third-order valence-electron chi connectivity index (χ3n) is 7.32. The second-order valence-corrected chi connectivity index (χ2v) is 9.89. The second-order valence-electron chi connectivity index (χ2n) is 9.89. The normalized spacial score (nSPS) is 17.8. The molecule has 0 aromatic heterocycles. The van der Waals surface area contributed by atoms with Gasteiger partial charge in [-0.05, 0) is 90.6 Å². The molecule has 0 amide bonds. The fourth-order valence-electron chi connectivity index (χ4n) is 5.03. The number of halogens is 3. The van der Waals surface area contributed by atoms with Gasteiger partial charge in [0.05, 0.1) is 5.56 Å². The molecule has 36 heavy (non-hydrogen) atoms. The van der Waals surface area contributed by atoms with Crippen LogP contribution in [0, 0.1) is 23.7 Å². The van der Waals surface area contributed by atoms with Crippen LogP contribution in [0.4, 0.5) is 13.2 Å². The zero-order chi connectivity index (χ0) is 25.4. The van der Waals surface area contributed by atoms with E-state index in [1.54, 1.807) is 0 Å². The minimum Gasteiger partial charge on any atom is -0.166 e. The molecule has 0 heterocycles. The van der Waals surface area contributed by atoms with E-state index < -0.39 is 11.7 Å². The van der Waals surface area contributed by atoms with Crippen LogP contribution in [0.2, 0.25) is 0 Å². The Labute approximate surface area is 213 Å². The summed E-state index contributed by atoms with van der Waals surface area (Å²) in [5.74, 6) is 7.73. The van der Waals surface area contributed by atoms with Gasteiger partial charge in [-0.3, -0.25) is 0 Å². The molecule has 1 aliphatic rings. The van der Waals surface area contributed by atoms with Crippen LogP contribution in [0.5, 0.6) is 0 Å². The van der Waals surface area contributed by atoms with E-state index in [1.165, 1.54) is 61.8 Å². The molecule has 4 rings (SSSR count). The minimum absolute atomic E-state index is 0.559. The molecule has 0 saturated heterocycles. The Morgan fingerprint density at radius 1 is 0.694 bits per heavy atom. The maximum atomic E-state index is 12.7. The molecule has 1 aliphatic carbocycles. The summed E-state index contributed by atoms with van der Waals surface area (Å²) in [6, 6.07) is 21.8. The molecule has 3 aromatic carbocycles. The van der Waals surface area contributed by atoms with Gasteiger partial charge in [0.1, 0.15) is 0 Å². The highest BCUT2D eigenvalue weighted by Gasteiger charge is 2.29. The summed E-state index contributed by atoms with van der Waals surface area (Å²) in [5, 5.41) is 0. The van der Waals surface area contributed by atoms with Gasteiger partial charge in [0.25, 0.3) is 0 Å². The topological polar surface area (TPSA) is 0 Å². The first-order valence-electron chi connectivity index (χ1n) is 12.9. The van der Waals surface area contributed by atoms with Crippen molar-refractivity contribution < 1.29 is 13.2 Å². The largest absolute Gasteiger partial charge is 0.416 e. The number of hydrogen-bond acceptors (Lipinski definition) is 0. The van der Waals surface area contributed by atoms with Gasteiger partial charge in [-0.25, -0.2) is 0 Å². The van der Waals surface area contributed by atoms with E-state index >= 15 is 0 Å². The molecule has 0 bridgehead atoms. The first-order valence-corrected chi connectivity index (χ1v) is 12.9. The molecule has 0 nitrogen and oxygen atoms in total. The van der Waals surface area contributed by atoms with Gasteiger partial charge in [-0.15, -0.1) is 6.58 Å². The van der Waals surface area contributed by atoms with Crippen molar-refractivity contribution in [1.29, 1.82) is 0 Å². The standard InChI is InChI=1S/C33H33F3/c1-2-3-4-25-5-7-26(8-6-25)9-10-27-13-19-30(20-14-27)31-21-15-28(16-22-31)11-12-29-17-23-32(24-18-29)33(34,35)36/h2,13-26H,1,3-10H2. The monoisotopic (exact) mass is 486 g/mol. The van der Waals surface area contributed by atoms with Crippen LogP contribution in [0.1, 0.15) is 67.2 Å². The third kappa shape index (κ3) is 7.37. The van der Waals surface area contributed by atoms with Crippen LogP contribution in [0.15, 0.2) is 85.5 Å². The van der Waals surface area contributed by atoms with Crippen LogP contribution < -0.4 is 0 Å². The molecule has 1 saturated carbocycles. The molecule has 0 aliphatic heterocycles. The summed E-state index contributed by atoms with van der Waals surface area (Å²) in [7, 11) is 0. The lowest BCUT2D eigenvalue weighted by molar-refractivity contribution is -0.137. The number of hydrogen-bond donors (Lipinski definition) is 0. The Bertz CT molecular complexity index is 1170. The molecule has 0 unspecified atom stereocenters. The van der Waals surface area contributed by atoms with Crippen LogP contribution in [0.25, 0.3) is 11.1 Å². The summed E-state index contributed by atoms with van der Waals surface area (Å²) in [6.45, 7) is 3.85. The number of allylic oxidation sites excluding steroid dienone is 1. The maximum Gasteiger partial charge on any atom is 0.416 e. The Balaban J connectivity index is 1.28. The highest BCUT2D eigenvalue weighted by Crippen LogP contribution is 2.34. The second kappa shape index (κ2) is 12.1. The highest BCUT2D eigenvalue weighted by molar-refractivity contribution is 5.64. The Hall–Kier alpha value is -3.25. The van der Waals surface area contributed by atoms with Crippen LogP contribution >= 0.6 is 0 Å². The van der Waals surface area contributed by atoms with E-state index in [-0.39, 0.29) is 0 Å². The first-order chi connectivity index (χ1) is 17.4. The lowest BCUT2D eigenvalue weighted by atomic mass is 9.78. The smallest absolute Gasteiger partial charge is 0.166 e. The predicted molar refractivity (Wildman–Crippen MR) is 143 cm³/mol. The molecule has 3 aromatic rings. The van der Waals surface area contributed by atoms with Gasteiger partial charge in [0.15, 0.2) is 0 Å². The van der Waals surface area contributed by atoms with Crippen molar-refractivity contribution in [3.63, 3.8) is 0 Å². The quantitative estimate of drug-likeness (QED) is 0.230. The summed E-state index contributed by atoms with van der Waals surface area (Å²) >= 11 is 0. The average Bonchev–Trinajstić information content (AvgIpc) is 2.90. The zero-order valence-corrected chi connectivity index (χ0v) is 20.7. The molecule has 0 atom stereocenters. The van der Waals surface area contributed by atoms with Crippen molar-refractivity contribution in [3.8, 4) is 23.0 Å². The average molecular weight is 487 g/mol. The van der Waals surface area contributed by atoms with Crippen molar-refractivity contribution in [2.24, 2.45) is 11.8 Å². The predicted octanol–water partition coefficient (Wildman–Crippen LogP) is 9.48. The highest BCUT2D eigenvalue weighted by atomic mass is 19.4. The summed E-state index contributed by atoms with van der Waals surface area (Å²) in [6.07, 6.45) is 8.09. The van der Waals surface area contributed by atoms with Crippen LogP contribution in [-0.4, -0.2) is 0 Å². The van der Waals surface area contributed by atoms with E-state index in [0.29, 0.717) is 5.56 Å². The molecule has 0 spiro atoms. The Kier molecular flexibility index (Phi) is 8.70. The molecule has 0 N–H and O–H groups in total. The molecular formula is C33H33F3. The van der Waals surface area contributed by atoms with Gasteiger partial charge in [0.2, 0.25) is 0 Å². The van der Waals surface area contributed by atoms with Crippen molar-refractivity contribution in [2.75, 3.05) is 0 Å². The lowest BCUT2D eigenvalue weighted by Gasteiger charge is -2.28. The lowest BCUT2D eigenvalue weighted by Crippen LogP contribution is -2.15. The van der Waals surface area contributed by atoms with Gasteiger partial charge in [0, 0.05) is 11.1 Å². The summed E-state index contributed by atoms with van der Waals surface area (Å²) in [5.41, 5.74) is 4.41. The van der Waals surface area contributed by atoms with Gasteiger partial charge >= 0.3 is 6.18 Å². The summed E-state index contributed by atoms with van der Waals surface area (Å²) in [4.78, 5) is 0. The van der Waals surface area contributed by atoms with Crippen molar-refractivity contribution >= 4 is 0 Å². The van der Waals surface area contributed by atoms with Crippen LogP contribution in [0.3, 0.4) is 0 Å². The van der Waals surface area contributed by atoms with E-state index in [9.17, 15) is 13.2 Å². The number of aryl methyl sites for hydroxylation is 1. The fraction of sp³-hybridized carbons (Fsp3) is 0.333. The van der Waals surface area contributed by atoms with Crippen molar-refractivity contribution in [2.45, 2.75) is 57.5 Å².